The van der Waals surface area contributed by atoms with Crippen molar-refractivity contribution in [2.24, 2.45) is 10.2 Å². The second kappa shape index (κ2) is 6.87. The van der Waals surface area contributed by atoms with E-state index < -0.39 is 0 Å². The predicted octanol–water partition coefficient (Wildman–Crippen LogP) is 2.82. The predicted molar refractivity (Wildman–Crippen MR) is 63.0 cm³/mol. The minimum Gasteiger partial charge on any atom is -0.313 e. The Bertz CT molecular complexity index is 380. The molecule has 0 saturated carbocycles. The number of hydrogen-bond acceptors (Lipinski definition) is 4. The third kappa shape index (κ3) is 4.33. The van der Waals surface area contributed by atoms with Gasteiger partial charge in [-0.2, -0.15) is 5.11 Å². The summed E-state index contributed by atoms with van der Waals surface area (Å²) in [6, 6.07) is 1.59. The molecule has 0 radical (unpaired) electrons. The average Bonchev–Trinajstić information content (AvgIpc) is 2.27. The maximum absolute atomic E-state index is 11.0. The number of aromatic nitrogens is 2. The van der Waals surface area contributed by atoms with E-state index in [4.69, 9.17) is 0 Å². The molecule has 0 fully saturated rings. The van der Waals surface area contributed by atoms with Crippen molar-refractivity contribution in [2.75, 3.05) is 0 Å². The number of H-pyrrole nitrogens is 1. The van der Waals surface area contributed by atoms with Gasteiger partial charge in [0.2, 0.25) is 0 Å². The Balaban J connectivity index is 2.65. The van der Waals surface area contributed by atoms with Crippen LogP contribution in [0.5, 0.6) is 0 Å². The molecule has 16 heavy (non-hydrogen) atoms. The molecule has 0 aliphatic carbocycles. The first-order chi connectivity index (χ1) is 7.76. The van der Waals surface area contributed by atoms with Crippen LogP contribution in [-0.2, 0) is 0 Å². The van der Waals surface area contributed by atoms with Crippen molar-refractivity contribution in [3.8, 4) is 0 Å². The van der Waals surface area contributed by atoms with E-state index in [1.165, 1.54) is 12.4 Å². The van der Waals surface area contributed by atoms with Gasteiger partial charge in [-0.25, -0.2) is 4.98 Å². The summed E-state index contributed by atoms with van der Waals surface area (Å²) in [5.74, 6) is 0.376. The Morgan fingerprint density at radius 3 is 2.62 bits per heavy atom. The minimum atomic E-state index is -0.202. The molecule has 0 unspecified atom stereocenters. The lowest BCUT2D eigenvalue weighted by Crippen LogP contribution is -2.04. The van der Waals surface area contributed by atoms with Crippen LogP contribution >= 0.6 is 0 Å². The van der Waals surface area contributed by atoms with Crippen molar-refractivity contribution in [3.63, 3.8) is 0 Å². The van der Waals surface area contributed by atoms with Crippen LogP contribution in [0.15, 0.2) is 27.4 Å². The van der Waals surface area contributed by atoms with Crippen LogP contribution in [0.25, 0.3) is 0 Å². The van der Waals surface area contributed by atoms with E-state index in [1.54, 1.807) is 0 Å². The van der Waals surface area contributed by atoms with Gasteiger partial charge in [-0.15, -0.1) is 5.11 Å². The maximum atomic E-state index is 11.0. The third-order valence-electron chi connectivity index (χ3n) is 2.23. The third-order valence-corrected chi connectivity index (χ3v) is 2.23. The van der Waals surface area contributed by atoms with Gasteiger partial charge in [-0.3, -0.25) is 4.79 Å². The highest BCUT2D eigenvalue weighted by Gasteiger charge is 2.04. The van der Waals surface area contributed by atoms with Crippen LogP contribution in [0.3, 0.4) is 0 Å². The van der Waals surface area contributed by atoms with E-state index in [2.05, 4.69) is 34.0 Å². The molecular weight excluding hydrogens is 204 g/mol. The van der Waals surface area contributed by atoms with Gasteiger partial charge in [0.25, 0.3) is 5.56 Å². The number of rotatable bonds is 6. The molecule has 1 aromatic heterocycles. The van der Waals surface area contributed by atoms with E-state index >= 15 is 0 Å². The molecule has 0 amide bonds. The minimum absolute atomic E-state index is 0.202. The van der Waals surface area contributed by atoms with Gasteiger partial charge in [0, 0.05) is 6.07 Å². The Kier molecular flexibility index (Phi) is 5.39. The lowest BCUT2D eigenvalue weighted by molar-refractivity contribution is 0.536. The van der Waals surface area contributed by atoms with Gasteiger partial charge in [0.1, 0.15) is 0 Å². The lowest BCUT2D eigenvalue weighted by Gasteiger charge is -2.07. The second-order valence-corrected chi connectivity index (χ2v) is 3.72. The SMILES string of the molecule is CCCC(CCC)N=Nc1cc(=O)[nH]cn1. The zero-order valence-corrected chi connectivity index (χ0v) is 9.81. The monoisotopic (exact) mass is 222 g/mol. The van der Waals surface area contributed by atoms with Crippen molar-refractivity contribution in [1.82, 2.24) is 9.97 Å². The zero-order valence-electron chi connectivity index (χ0n) is 9.81. The molecule has 0 aromatic carbocycles. The van der Waals surface area contributed by atoms with Crippen molar-refractivity contribution < 1.29 is 0 Å². The van der Waals surface area contributed by atoms with Crippen LogP contribution in [-0.4, -0.2) is 16.0 Å². The van der Waals surface area contributed by atoms with Gasteiger partial charge < -0.3 is 4.98 Å². The fraction of sp³-hybridized carbons (Fsp3) is 0.636. The van der Waals surface area contributed by atoms with Gasteiger partial charge >= 0.3 is 0 Å². The fourth-order valence-corrected chi connectivity index (χ4v) is 1.48. The van der Waals surface area contributed by atoms with Crippen LogP contribution in [0, 0.1) is 0 Å². The summed E-state index contributed by atoms with van der Waals surface area (Å²) in [6.45, 7) is 4.26. The standard InChI is InChI=1S/C11H18N4O/c1-3-5-9(6-4-2)14-15-10-7-11(16)13-8-12-10/h7-9H,3-6H2,1-2H3,(H,12,13,16). The summed E-state index contributed by atoms with van der Waals surface area (Å²) in [7, 11) is 0. The lowest BCUT2D eigenvalue weighted by atomic mass is 10.1. The number of nitrogens with one attached hydrogen (secondary N) is 1. The van der Waals surface area contributed by atoms with Gasteiger partial charge in [-0.05, 0) is 12.8 Å². The number of aromatic amines is 1. The molecule has 5 heteroatoms. The van der Waals surface area contributed by atoms with E-state index in [0.29, 0.717) is 5.82 Å². The van der Waals surface area contributed by atoms with Crippen LogP contribution in [0.2, 0.25) is 0 Å². The van der Waals surface area contributed by atoms with E-state index in [1.807, 2.05) is 0 Å². The summed E-state index contributed by atoms with van der Waals surface area (Å²) < 4.78 is 0. The number of hydrogen-bond donors (Lipinski definition) is 1. The molecule has 88 valence electrons. The molecule has 1 aromatic rings. The maximum Gasteiger partial charge on any atom is 0.252 e. The molecular formula is C11H18N4O. The molecule has 0 atom stereocenters. The average molecular weight is 222 g/mol. The zero-order chi connectivity index (χ0) is 11.8. The first kappa shape index (κ1) is 12.5. The summed E-state index contributed by atoms with van der Waals surface area (Å²) in [5.41, 5.74) is -0.202. The summed E-state index contributed by atoms with van der Waals surface area (Å²) in [4.78, 5) is 17.3. The molecule has 5 nitrogen and oxygen atoms in total. The molecule has 0 bridgehead atoms. The fourth-order valence-electron chi connectivity index (χ4n) is 1.48. The molecule has 1 rings (SSSR count). The van der Waals surface area contributed by atoms with Gasteiger partial charge in [-0.1, -0.05) is 26.7 Å². The van der Waals surface area contributed by atoms with Crippen molar-refractivity contribution >= 4 is 5.82 Å². The normalized spacial score (nSPS) is 11.4. The highest BCUT2D eigenvalue weighted by Crippen LogP contribution is 2.12. The highest BCUT2D eigenvalue weighted by molar-refractivity contribution is 5.21. The number of azo groups is 1. The van der Waals surface area contributed by atoms with Crippen LogP contribution < -0.4 is 5.56 Å². The Morgan fingerprint density at radius 1 is 1.38 bits per heavy atom. The second-order valence-electron chi connectivity index (χ2n) is 3.72. The molecule has 0 aliphatic heterocycles. The van der Waals surface area contributed by atoms with Gasteiger partial charge in [0.05, 0.1) is 12.4 Å². The summed E-state index contributed by atoms with van der Waals surface area (Å²) >= 11 is 0. The Hall–Kier alpha value is -1.52. The van der Waals surface area contributed by atoms with Crippen molar-refractivity contribution in [2.45, 2.75) is 45.6 Å². The van der Waals surface area contributed by atoms with Crippen molar-refractivity contribution in [3.05, 3.63) is 22.7 Å². The van der Waals surface area contributed by atoms with Crippen LogP contribution in [0.1, 0.15) is 39.5 Å². The smallest absolute Gasteiger partial charge is 0.252 e. The van der Waals surface area contributed by atoms with E-state index in [-0.39, 0.29) is 11.6 Å². The molecule has 1 heterocycles. The molecule has 1 N–H and O–H groups in total. The Morgan fingerprint density at radius 2 is 2.06 bits per heavy atom. The largest absolute Gasteiger partial charge is 0.313 e. The summed E-state index contributed by atoms with van der Waals surface area (Å²) in [6.07, 6.45) is 5.57. The number of nitrogens with zero attached hydrogens (tertiary/aromatic N) is 3. The first-order valence-electron chi connectivity index (χ1n) is 5.71. The molecule has 0 spiro atoms. The van der Waals surface area contributed by atoms with Crippen LogP contribution in [0.4, 0.5) is 5.82 Å². The summed E-state index contributed by atoms with van der Waals surface area (Å²) in [5, 5.41) is 8.22. The van der Waals surface area contributed by atoms with Gasteiger partial charge in [0.15, 0.2) is 5.82 Å². The Labute approximate surface area is 95.0 Å². The van der Waals surface area contributed by atoms with E-state index in [0.717, 1.165) is 25.7 Å². The first-order valence-corrected chi connectivity index (χ1v) is 5.71. The van der Waals surface area contributed by atoms with Crippen molar-refractivity contribution in [1.29, 1.82) is 0 Å². The topological polar surface area (TPSA) is 70.5 Å². The van der Waals surface area contributed by atoms with E-state index in [9.17, 15) is 4.79 Å². The highest BCUT2D eigenvalue weighted by atomic mass is 16.1. The molecule has 0 aliphatic rings. The molecule has 0 saturated heterocycles. The quantitative estimate of drug-likeness (QED) is 0.752.